The topological polar surface area (TPSA) is 111 Å². The normalized spacial score (nSPS) is 15.4. The monoisotopic (exact) mass is 323 g/mol. The van der Waals surface area contributed by atoms with Crippen molar-refractivity contribution in [2.45, 2.75) is 6.54 Å². The van der Waals surface area contributed by atoms with E-state index in [9.17, 15) is 19.8 Å². The number of nitrogens with one attached hydrogen (secondary N) is 2. The molecule has 8 heteroatoms. The van der Waals surface area contributed by atoms with Crippen molar-refractivity contribution in [1.82, 2.24) is 15.5 Å². The van der Waals surface area contributed by atoms with Gasteiger partial charge in [-0.2, -0.15) is 0 Å². The molecular formula is C15H21N3O5. The third-order valence-corrected chi connectivity index (χ3v) is 3.73. The van der Waals surface area contributed by atoms with E-state index in [0.29, 0.717) is 13.2 Å². The zero-order valence-corrected chi connectivity index (χ0v) is 12.9. The lowest BCUT2D eigenvalue weighted by molar-refractivity contribution is -0.140. The van der Waals surface area contributed by atoms with E-state index in [4.69, 9.17) is 4.74 Å². The summed E-state index contributed by atoms with van der Waals surface area (Å²) in [6, 6.07) is 5.28. The highest BCUT2D eigenvalue weighted by Crippen LogP contribution is 2.28. The number of hydrogen-bond acceptors (Lipinski definition) is 5. The van der Waals surface area contributed by atoms with Gasteiger partial charge in [0.2, 0.25) is 0 Å². The molecule has 0 bridgehead atoms. The summed E-state index contributed by atoms with van der Waals surface area (Å²) in [6.45, 7) is 0.746. The number of hydrogen-bond donors (Lipinski definition) is 4. The SMILES string of the molecule is CNC(=O)N(CC1(CO)COC1)C(=O)NCc1ccc(O)cc1. The minimum Gasteiger partial charge on any atom is -0.508 e. The molecule has 0 aromatic heterocycles. The first-order valence-corrected chi connectivity index (χ1v) is 7.23. The van der Waals surface area contributed by atoms with Crippen LogP contribution in [0.2, 0.25) is 0 Å². The van der Waals surface area contributed by atoms with E-state index in [2.05, 4.69) is 10.6 Å². The van der Waals surface area contributed by atoms with Crippen LogP contribution in [-0.2, 0) is 11.3 Å². The van der Waals surface area contributed by atoms with Crippen molar-refractivity contribution in [3.63, 3.8) is 0 Å². The molecule has 0 aliphatic carbocycles. The van der Waals surface area contributed by atoms with Gasteiger partial charge in [-0.1, -0.05) is 12.1 Å². The van der Waals surface area contributed by atoms with Crippen molar-refractivity contribution in [3.8, 4) is 5.75 Å². The van der Waals surface area contributed by atoms with Crippen molar-refractivity contribution in [2.24, 2.45) is 5.41 Å². The van der Waals surface area contributed by atoms with Gasteiger partial charge < -0.3 is 25.6 Å². The summed E-state index contributed by atoms with van der Waals surface area (Å²) < 4.78 is 5.09. The number of aliphatic hydroxyl groups excluding tert-OH is 1. The van der Waals surface area contributed by atoms with Crippen LogP contribution in [0.15, 0.2) is 24.3 Å². The first-order chi connectivity index (χ1) is 11.0. The largest absolute Gasteiger partial charge is 0.508 e. The Bertz CT molecular complexity index is 551. The molecule has 1 aliphatic heterocycles. The molecule has 1 saturated heterocycles. The minimum atomic E-state index is -0.595. The molecular weight excluding hydrogens is 302 g/mol. The molecule has 1 aliphatic rings. The number of carbonyl (C=O) groups excluding carboxylic acids is 2. The smallest absolute Gasteiger partial charge is 0.325 e. The molecule has 0 unspecified atom stereocenters. The van der Waals surface area contributed by atoms with Crippen LogP contribution in [-0.4, -0.2) is 60.6 Å². The van der Waals surface area contributed by atoms with E-state index in [-0.39, 0.29) is 25.4 Å². The number of imide groups is 1. The van der Waals surface area contributed by atoms with E-state index in [1.807, 2.05) is 0 Å². The zero-order valence-electron chi connectivity index (χ0n) is 12.9. The molecule has 2 rings (SSSR count). The molecule has 0 spiro atoms. The van der Waals surface area contributed by atoms with Crippen LogP contribution in [0.3, 0.4) is 0 Å². The van der Waals surface area contributed by atoms with E-state index in [0.717, 1.165) is 10.5 Å². The molecule has 1 aromatic carbocycles. The summed E-state index contributed by atoms with van der Waals surface area (Å²) in [5.41, 5.74) is 0.194. The number of benzene rings is 1. The first-order valence-electron chi connectivity index (χ1n) is 7.23. The molecule has 126 valence electrons. The van der Waals surface area contributed by atoms with Gasteiger partial charge in [-0.3, -0.25) is 0 Å². The maximum Gasteiger partial charge on any atom is 0.325 e. The molecule has 1 aromatic rings. The van der Waals surface area contributed by atoms with Gasteiger partial charge in [0.15, 0.2) is 0 Å². The van der Waals surface area contributed by atoms with Crippen LogP contribution in [0.5, 0.6) is 5.75 Å². The number of phenols is 1. The lowest BCUT2D eigenvalue weighted by atomic mass is 9.86. The van der Waals surface area contributed by atoms with Crippen molar-refractivity contribution in [2.75, 3.05) is 33.4 Å². The third kappa shape index (κ3) is 4.11. The van der Waals surface area contributed by atoms with Gasteiger partial charge in [0, 0.05) is 20.1 Å². The maximum absolute atomic E-state index is 12.3. The number of nitrogens with zero attached hydrogens (tertiary/aromatic N) is 1. The Labute approximate surface area is 134 Å². The second-order valence-electron chi connectivity index (χ2n) is 5.62. The predicted molar refractivity (Wildman–Crippen MR) is 81.8 cm³/mol. The van der Waals surface area contributed by atoms with Gasteiger partial charge >= 0.3 is 12.1 Å². The number of aromatic hydroxyl groups is 1. The van der Waals surface area contributed by atoms with Gasteiger partial charge in [0.1, 0.15) is 5.75 Å². The van der Waals surface area contributed by atoms with Crippen LogP contribution in [0, 0.1) is 5.41 Å². The number of aliphatic hydroxyl groups is 1. The molecule has 0 atom stereocenters. The zero-order chi connectivity index (χ0) is 16.9. The number of urea groups is 2. The van der Waals surface area contributed by atoms with Gasteiger partial charge in [0.25, 0.3) is 0 Å². The number of ether oxygens (including phenoxy) is 1. The highest BCUT2D eigenvalue weighted by Gasteiger charge is 2.42. The van der Waals surface area contributed by atoms with Crippen LogP contribution in [0.1, 0.15) is 5.56 Å². The molecule has 0 radical (unpaired) electrons. The highest BCUT2D eigenvalue weighted by molar-refractivity contribution is 5.93. The summed E-state index contributed by atoms with van der Waals surface area (Å²) in [6.07, 6.45) is 0. The average Bonchev–Trinajstić information content (AvgIpc) is 2.53. The minimum absolute atomic E-state index is 0.0740. The lowest BCUT2D eigenvalue weighted by Gasteiger charge is -2.42. The molecule has 1 heterocycles. The van der Waals surface area contributed by atoms with Crippen LogP contribution in [0.25, 0.3) is 0 Å². The second-order valence-corrected chi connectivity index (χ2v) is 5.62. The second kappa shape index (κ2) is 7.30. The van der Waals surface area contributed by atoms with Crippen LogP contribution < -0.4 is 10.6 Å². The van der Waals surface area contributed by atoms with Crippen molar-refractivity contribution in [1.29, 1.82) is 0 Å². The molecule has 8 nitrogen and oxygen atoms in total. The summed E-state index contributed by atoms with van der Waals surface area (Å²) in [5, 5.41) is 23.8. The third-order valence-electron chi connectivity index (χ3n) is 3.73. The fraction of sp³-hybridized carbons (Fsp3) is 0.467. The molecule has 23 heavy (non-hydrogen) atoms. The van der Waals surface area contributed by atoms with E-state index >= 15 is 0 Å². The highest BCUT2D eigenvalue weighted by atomic mass is 16.5. The Kier molecular flexibility index (Phi) is 5.41. The van der Waals surface area contributed by atoms with Gasteiger partial charge in [0.05, 0.1) is 25.2 Å². The Morgan fingerprint density at radius 2 is 1.91 bits per heavy atom. The fourth-order valence-electron chi connectivity index (χ4n) is 2.22. The Morgan fingerprint density at radius 1 is 1.26 bits per heavy atom. The van der Waals surface area contributed by atoms with E-state index in [1.54, 1.807) is 12.1 Å². The number of rotatable bonds is 5. The molecule has 4 N–H and O–H groups in total. The first kappa shape index (κ1) is 17.0. The van der Waals surface area contributed by atoms with E-state index in [1.165, 1.54) is 19.2 Å². The van der Waals surface area contributed by atoms with Crippen molar-refractivity contribution < 1.29 is 24.5 Å². The standard InChI is InChI=1S/C15H21N3O5/c1-16-13(21)18(7-15(8-19)9-23-10-15)14(22)17-6-11-2-4-12(20)5-3-11/h2-5,19-20H,6-10H2,1H3,(H,16,21)(H,17,22). The van der Waals surface area contributed by atoms with E-state index < -0.39 is 17.5 Å². The molecule has 4 amide bonds. The number of amides is 4. The fourth-order valence-corrected chi connectivity index (χ4v) is 2.22. The Balaban J connectivity index is 1.98. The molecule has 1 fully saturated rings. The van der Waals surface area contributed by atoms with Gasteiger partial charge in [-0.15, -0.1) is 0 Å². The van der Waals surface area contributed by atoms with Gasteiger partial charge in [-0.25, -0.2) is 14.5 Å². The number of phenolic OH excluding ortho intramolecular Hbond substituents is 1. The van der Waals surface area contributed by atoms with Crippen molar-refractivity contribution in [3.05, 3.63) is 29.8 Å². The Morgan fingerprint density at radius 3 is 2.39 bits per heavy atom. The average molecular weight is 323 g/mol. The van der Waals surface area contributed by atoms with Crippen LogP contribution >= 0.6 is 0 Å². The summed E-state index contributed by atoms with van der Waals surface area (Å²) in [4.78, 5) is 25.3. The quantitative estimate of drug-likeness (QED) is 0.621. The predicted octanol–water partition coefficient (Wildman–Crippen LogP) is 0.252. The van der Waals surface area contributed by atoms with Gasteiger partial charge in [-0.05, 0) is 17.7 Å². The maximum atomic E-state index is 12.3. The molecule has 0 saturated carbocycles. The summed E-state index contributed by atoms with van der Waals surface area (Å²) in [7, 11) is 1.44. The lowest BCUT2D eigenvalue weighted by Crippen LogP contribution is -2.58. The number of carbonyl (C=O) groups is 2. The summed E-state index contributed by atoms with van der Waals surface area (Å²) >= 11 is 0. The Hall–Kier alpha value is -2.32. The van der Waals surface area contributed by atoms with Crippen LogP contribution in [0.4, 0.5) is 9.59 Å². The summed E-state index contributed by atoms with van der Waals surface area (Å²) in [5.74, 6) is 0.141. The van der Waals surface area contributed by atoms with Crippen molar-refractivity contribution >= 4 is 12.1 Å².